The summed E-state index contributed by atoms with van der Waals surface area (Å²) in [7, 11) is 2.05. The molecule has 1 N–H and O–H groups in total. The lowest BCUT2D eigenvalue weighted by molar-refractivity contribution is 0.414. The number of nitrogens with one attached hydrogen (secondary N) is 1. The molecular formula is C12H13BrFN3. The molecule has 17 heavy (non-hydrogen) atoms. The molecule has 1 aromatic carbocycles. The smallest absolute Gasteiger partial charge is 0.161 e. The van der Waals surface area contributed by atoms with Crippen molar-refractivity contribution in [1.29, 1.82) is 5.26 Å². The molecule has 0 amide bonds. The molecule has 1 heterocycles. The lowest BCUT2D eigenvalue weighted by atomic mass is 10.2. The van der Waals surface area contributed by atoms with E-state index in [-0.39, 0.29) is 10.5 Å². The summed E-state index contributed by atoms with van der Waals surface area (Å²) in [5.41, 5.74) is 0.771. The molecule has 1 unspecified atom stereocenters. The lowest BCUT2D eigenvalue weighted by Gasteiger charge is -2.15. The molecule has 90 valence electrons. The van der Waals surface area contributed by atoms with Crippen molar-refractivity contribution in [2.24, 2.45) is 0 Å². The molecule has 5 heteroatoms. The van der Waals surface area contributed by atoms with E-state index in [1.165, 1.54) is 0 Å². The number of hydrogen-bond acceptors (Lipinski definition) is 3. The van der Waals surface area contributed by atoms with Gasteiger partial charge in [0.15, 0.2) is 5.82 Å². The maximum atomic E-state index is 13.9. The number of benzene rings is 1. The van der Waals surface area contributed by atoms with Crippen LogP contribution in [0.1, 0.15) is 12.0 Å². The van der Waals surface area contributed by atoms with Crippen molar-refractivity contribution in [2.45, 2.75) is 12.5 Å². The summed E-state index contributed by atoms with van der Waals surface area (Å²) in [5.74, 6) is -0.390. The number of rotatable bonds is 2. The summed E-state index contributed by atoms with van der Waals surface area (Å²) in [5, 5.41) is 12.0. The van der Waals surface area contributed by atoms with Crippen molar-refractivity contribution in [1.82, 2.24) is 4.90 Å². The Morgan fingerprint density at radius 2 is 2.35 bits per heavy atom. The second-order valence-corrected chi connectivity index (χ2v) is 5.09. The first-order valence-corrected chi connectivity index (χ1v) is 6.24. The highest BCUT2D eigenvalue weighted by molar-refractivity contribution is 9.10. The molecule has 0 aliphatic carbocycles. The van der Waals surface area contributed by atoms with Crippen LogP contribution in [0.3, 0.4) is 0 Å². The molecule has 1 aliphatic rings. The van der Waals surface area contributed by atoms with Gasteiger partial charge in [-0.3, -0.25) is 0 Å². The fraction of sp³-hybridized carbons (Fsp3) is 0.417. The monoisotopic (exact) mass is 297 g/mol. The van der Waals surface area contributed by atoms with Crippen molar-refractivity contribution in [3.8, 4) is 6.07 Å². The van der Waals surface area contributed by atoms with Crippen molar-refractivity contribution < 1.29 is 4.39 Å². The molecule has 0 spiro atoms. The average molecular weight is 298 g/mol. The first kappa shape index (κ1) is 12.3. The molecule has 0 saturated carbocycles. The lowest BCUT2D eigenvalue weighted by Crippen LogP contribution is -2.24. The van der Waals surface area contributed by atoms with Gasteiger partial charge in [0.1, 0.15) is 6.07 Å². The van der Waals surface area contributed by atoms with Gasteiger partial charge < -0.3 is 10.2 Å². The van der Waals surface area contributed by atoms with E-state index in [0.29, 0.717) is 11.3 Å². The summed E-state index contributed by atoms with van der Waals surface area (Å²) in [6.07, 6.45) is 1.01. The maximum absolute atomic E-state index is 13.9. The predicted molar refractivity (Wildman–Crippen MR) is 68.3 cm³/mol. The Balaban J connectivity index is 2.17. The highest BCUT2D eigenvalue weighted by atomic mass is 79.9. The molecule has 1 aromatic rings. The number of likely N-dealkylation sites (tertiary alicyclic amines) is 1. The number of nitriles is 1. The first-order chi connectivity index (χ1) is 8.11. The Labute approximate surface area is 108 Å². The Morgan fingerprint density at radius 3 is 2.94 bits per heavy atom. The second kappa shape index (κ2) is 5.03. The summed E-state index contributed by atoms with van der Waals surface area (Å²) in [4.78, 5) is 2.20. The number of hydrogen-bond donors (Lipinski definition) is 1. The molecule has 0 radical (unpaired) electrons. The molecule has 1 atom stereocenters. The van der Waals surface area contributed by atoms with Crippen LogP contribution in [0.5, 0.6) is 0 Å². The van der Waals surface area contributed by atoms with Gasteiger partial charge >= 0.3 is 0 Å². The van der Waals surface area contributed by atoms with Gasteiger partial charge in [-0.25, -0.2) is 4.39 Å². The van der Waals surface area contributed by atoms with E-state index in [9.17, 15) is 4.39 Å². The van der Waals surface area contributed by atoms with Crippen molar-refractivity contribution in [2.75, 3.05) is 25.5 Å². The fourth-order valence-electron chi connectivity index (χ4n) is 2.02. The van der Waals surface area contributed by atoms with Crippen molar-refractivity contribution >= 4 is 21.6 Å². The van der Waals surface area contributed by atoms with Gasteiger partial charge in [-0.2, -0.15) is 5.26 Å². The quantitative estimate of drug-likeness (QED) is 0.912. The van der Waals surface area contributed by atoms with Crippen molar-refractivity contribution in [3.63, 3.8) is 0 Å². The van der Waals surface area contributed by atoms with Crippen LogP contribution >= 0.6 is 15.9 Å². The molecule has 0 bridgehead atoms. The van der Waals surface area contributed by atoms with Gasteiger partial charge in [0.25, 0.3) is 0 Å². The van der Waals surface area contributed by atoms with Crippen LogP contribution in [0.2, 0.25) is 0 Å². The van der Waals surface area contributed by atoms with Gasteiger partial charge in [0, 0.05) is 12.6 Å². The molecule has 3 nitrogen and oxygen atoms in total. The Kier molecular flexibility index (Phi) is 3.65. The highest BCUT2D eigenvalue weighted by Gasteiger charge is 2.21. The van der Waals surface area contributed by atoms with E-state index in [4.69, 9.17) is 5.26 Å². The minimum Gasteiger partial charge on any atom is -0.379 e. The Morgan fingerprint density at radius 1 is 1.59 bits per heavy atom. The van der Waals surface area contributed by atoms with Gasteiger partial charge in [-0.1, -0.05) is 0 Å². The Bertz CT molecular complexity index is 470. The molecule has 2 rings (SSSR count). The van der Waals surface area contributed by atoms with Crippen LogP contribution in [0.15, 0.2) is 16.6 Å². The Hall–Kier alpha value is -1.12. The maximum Gasteiger partial charge on any atom is 0.161 e. The van der Waals surface area contributed by atoms with E-state index in [1.54, 1.807) is 12.1 Å². The molecule has 1 aliphatic heterocycles. The third-order valence-electron chi connectivity index (χ3n) is 2.95. The topological polar surface area (TPSA) is 39.1 Å². The predicted octanol–water partition coefficient (Wildman–Crippen LogP) is 2.58. The SMILES string of the molecule is CN1CCC(Nc2ccc(C#N)c(Br)c2F)C1. The van der Waals surface area contributed by atoms with Gasteiger partial charge in [-0.15, -0.1) is 0 Å². The van der Waals surface area contributed by atoms with Crippen LogP contribution in [-0.2, 0) is 0 Å². The van der Waals surface area contributed by atoms with E-state index < -0.39 is 5.82 Å². The zero-order chi connectivity index (χ0) is 12.4. The number of likely N-dealkylation sites (N-methyl/N-ethyl adjacent to an activating group) is 1. The summed E-state index contributed by atoms with van der Waals surface area (Å²) in [6.45, 7) is 1.94. The van der Waals surface area contributed by atoms with Crippen molar-refractivity contribution in [3.05, 3.63) is 28.0 Å². The second-order valence-electron chi connectivity index (χ2n) is 4.29. The normalized spacial score (nSPS) is 20.2. The molecule has 1 fully saturated rings. The highest BCUT2D eigenvalue weighted by Crippen LogP contribution is 2.27. The molecule has 1 saturated heterocycles. The summed E-state index contributed by atoms with van der Waals surface area (Å²) in [6, 6.07) is 5.45. The number of anilines is 1. The summed E-state index contributed by atoms with van der Waals surface area (Å²) >= 11 is 3.10. The van der Waals surface area contributed by atoms with Crippen LogP contribution in [0.4, 0.5) is 10.1 Å². The van der Waals surface area contributed by atoms with E-state index in [1.807, 2.05) is 13.1 Å². The third-order valence-corrected chi connectivity index (χ3v) is 3.73. The minimum absolute atomic E-state index is 0.233. The largest absolute Gasteiger partial charge is 0.379 e. The minimum atomic E-state index is -0.390. The van der Waals surface area contributed by atoms with Crippen LogP contribution in [0, 0.1) is 17.1 Å². The zero-order valence-corrected chi connectivity index (χ0v) is 11.1. The zero-order valence-electron chi connectivity index (χ0n) is 9.50. The fourth-order valence-corrected chi connectivity index (χ4v) is 2.45. The average Bonchev–Trinajstić information content (AvgIpc) is 2.71. The molecule has 0 aromatic heterocycles. The van der Waals surface area contributed by atoms with Crippen LogP contribution in [0.25, 0.3) is 0 Å². The van der Waals surface area contributed by atoms with Crippen LogP contribution < -0.4 is 5.32 Å². The van der Waals surface area contributed by atoms with E-state index >= 15 is 0 Å². The van der Waals surface area contributed by atoms with Gasteiger partial charge in [0.2, 0.25) is 0 Å². The molecular weight excluding hydrogens is 285 g/mol. The standard InChI is InChI=1S/C12H13BrFN3/c1-17-5-4-9(7-17)16-10-3-2-8(6-15)11(13)12(10)14/h2-3,9,16H,4-5,7H2,1H3. The third kappa shape index (κ3) is 2.59. The first-order valence-electron chi connectivity index (χ1n) is 5.45. The number of halogens is 2. The van der Waals surface area contributed by atoms with E-state index in [0.717, 1.165) is 19.5 Å². The number of nitrogens with zero attached hydrogens (tertiary/aromatic N) is 2. The van der Waals surface area contributed by atoms with Crippen LogP contribution in [-0.4, -0.2) is 31.1 Å². The van der Waals surface area contributed by atoms with Gasteiger partial charge in [-0.05, 0) is 48.1 Å². The van der Waals surface area contributed by atoms with E-state index in [2.05, 4.69) is 26.1 Å². The van der Waals surface area contributed by atoms with Gasteiger partial charge in [0.05, 0.1) is 15.7 Å². The summed E-state index contributed by atoms with van der Waals surface area (Å²) < 4.78 is 14.2.